The van der Waals surface area contributed by atoms with Gasteiger partial charge in [-0.25, -0.2) is 8.42 Å². The summed E-state index contributed by atoms with van der Waals surface area (Å²) in [7, 11) is -3.88. The number of halogens is 1. The number of pyridine rings is 1. The molecule has 0 bridgehead atoms. The predicted octanol–water partition coefficient (Wildman–Crippen LogP) is 4.71. The van der Waals surface area contributed by atoms with Crippen LogP contribution in [0.5, 0.6) is 0 Å². The van der Waals surface area contributed by atoms with Crippen molar-refractivity contribution in [2.75, 3.05) is 4.72 Å². The second-order valence-corrected chi connectivity index (χ2v) is 9.40. The average Bonchev–Trinajstić information content (AvgIpc) is 3.30. The van der Waals surface area contributed by atoms with Gasteiger partial charge in [0, 0.05) is 39.0 Å². The number of benzene rings is 2. The van der Waals surface area contributed by atoms with Crippen molar-refractivity contribution in [3.63, 3.8) is 0 Å². The van der Waals surface area contributed by atoms with E-state index in [2.05, 4.69) is 37.3 Å². The number of sulfonamides is 1. The number of anilines is 1. The molecule has 0 fully saturated rings. The van der Waals surface area contributed by atoms with Crippen LogP contribution in [0.1, 0.15) is 15.9 Å². The lowest BCUT2D eigenvalue weighted by atomic mass is 10.0. The number of aromatic nitrogens is 2. The quantitative estimate of drug-likeness (QED) is 0.280. The molecule has 0 atom stereocenters. The van der Waals surface area contributed by atoms with Crippen molar-refractivity contribution in [3.05, 3.63) is 100 Å². The van der Waals surface area contributed by atoms with Crippen molar-refractivity contribution >= 4 is 44.1 Å². The van der Waals surface area contributed by atoms with Gasteiger partial charge in [-0.3, -0.25) is 14.5 Å². The van der Waals surface area contributed by atoms with Crippen LogP contribution in [0, 0.1) is 3.57 Å². The molecule has 30 heavy (non-hydrogen) atoms. The Bertz CT molecular complexity index is 1290. The number of carbonyl (C=O) groups is 1. The number of hydrogen-bond donors (Lipinski definition) is 2. The van der Waals surface area contributed by atoms with Crippen LogP contribution in [0.2, 0.25) is 0 Å². The highest BCUT2D eigenvalue weighted by atomic mass is 127. The summed E-state index contributed by atoms with van der Waals surface area (Å²) in [5.41, 5.74) is 2.71. The van der Waals surface area contributed by atoms with Gasteiger partial charge in [0.15, 0.2) is 5.78 Å². The minimum Gasteiger partial charge on any atom is -0.361 e. The second kappa shape index (κ2) is 8.41. The smallest absolute Gasteiger partial charge is 0.261 e. The highest BCUT2D eigenvalue weighted by Crippen LogP contribution is 2.26. The maximum Gasteiger partial charge on any atom is 0.261 e. The molecule has 6 nitrogen and oxygen atoms in total. The molecule has 0 saturated heterocycles. The number of rotatable bonds is 6. The summed E-state index contributed by atoms with van der Waals surface area (Å²) in [4.78, 5) is 20.1. The Labute approximate surface area is 187 Å². The standard InChI is InChI=1S/C22H16IN3O3S/c23-17-5-8-21(19(14-17)22(27)16-9-12-24-13-10-16)26-30(28,29)18-6-3-15(4-7-18)20-2-1-11-25-20/h1-14,25-26H. The summed E-state index contributed by atoms with van der Waals surface area (Å²) < 4.78 is 29.3. The average molecular weight is 529 g/mol. The van der Waals surface area contributed by atoms with E-state index < -0.39 is 10.0 Å². The predicted molar refractivity (Wildman–Crippen MR) is 124 cm³/mol. The topological polar surface area (TPSA) is 91.9 Å². The normalized spacial score (nSPS) is 11.2. The summed E-state index contributed by atoms with van der Waals surface area (Å²) in [6.07, 6.45) is 4.85. The van der Waals surface area contributed by atoms with Gasteiger partial charge in [0.2, 0.25) is 0 Å². The molecule has 2 aromatic carbocycles. The number of aromatic amines is 1. The summed E-state index contributed by atoms with van der Waals surface area (Å²) in [5, 5.41) is 0. The largest absolute Gasteiger partial charge is 0.361 e. The molecule has 0 aliphatic carbocycles. The van der Waals surface area contributed by atoms with E-state index in [0.29, 0.717) is 5.56 Å². The van der Waals surface area contributed by atoms with E-state index in [1.807, 2.05) is 12.1 Å². The molecule has 0 amide bonds. The highest BCUT2D eigenvalue weighted by Gasteiger charge is 2.20. The first-order chi connectivity index (χ1) is 14.4. The van der Waals surface area contributed by atoms with E-state index in [1.165, 1.54) is 24.5 Å². The molecule has 2 N–H and O–H groups in total. The fourth-order valence-corrected chi connectivity index (χ4v) is 4.55. The van der Waals surface area contributed by atoms with Gasteiger partial charge >= 0.3 is 0 Å². The first kappa shape index (κ1) is 20.3. The summed E-state index contributed by atoms with van der Waals surface area (Å²) in [6.45, 7) is 0. The molecule has 2 heterocycles. The summed E-state index contributed by atoms with van der Waals surface area (Å²) in [6, 6.07) is 18.5. The second-order valence-electron chi connectivity index (χ2n) is 6.47. The first-order valence-corrected chi connectivity index (χ1v) is 11.5. The zero-order chi connectivity index (χ0) is 21.1. The lowest BCUT2D eigenvalue weighted by Crippen LogP contribution is -2.16. The molecule has 0 unspecified atom stereocenters. The van der Waals surface area contributed by atoms with Gasteiger partial charge in [-0.05, 0) is 82.8 Å². The first-order valence-electron chi connectivity index (χ1n) is 8.95. The number of ketones is 1. The number of H-pyrrole nitrogens is 1. The van der Waals surface area contributed by atoms with Gasteiger partial charge in [-0.15, -0.1) is 0 Å². The van der Waals surface area contributed by atoms with Crippen molar-refractivity contribution < 1.29 is 13.2 Å². The molecule has 0 radical (unpaired) electrons. The molecule has 8 heteroatoms. The van der Waals surface area contributed by atoms with Crippen LogP contribution in [0.15, 0.2) is 90.2 Å². The Balaban J connectivity index is 1.66. The van der Waals surface area contributed by atoms with Gasteiger partial charge in [0.1, 0.15) is 0 Å². The van der Waals surface area contributed by atoms with Crippen LogP contribution in [0.25, 0.3) is 11.3 Å². The van der Waals surface area contributed by atoms with Crippen LogP contribution in [-0.4, -0.2) is 24.2 Å². The Hall–Kier alpha value is -2.98. The molecule has 4 rings (SSSR count). The Kier molecular flexibility index (Phi) is 5.69. The lowest BCUT2D eigenvalue weighted by Gasteiger charge is -2.13. The fourth-order valence-electron chi connectivity index (χ4n) is 2.98. The minimum absolute atomic E-state index is 0.110. The highest BCUT2D eigenvalue weighted by molar-refractivity contribution is 14.1. The molecule has 0 aliphatic rings. The van der Waals surface area contributed by atoms with E-state index in [0.717, 1.165) is 14.8 Å². The van der Waals surface area contributed by atoms with Crippen molar-refractivity contribution in [2.45, 2.75) is 4.90 Å². The van der Waals surface area contributed by atoms with Gasteiger partial charge in [-0.1, -0.05) is 12.1 Å². The van der Waals surface area contributed by atoms with E-state index >= 15 is 0 Å². The fraction of sp³-hybridized carbons (Fsp3) is 0. The third-order valence-electron chi connectivity index (χ3n) is 4.49. The zero-order valence-electron chi connectivity index (χ0n) is 15.5. The van der Waals surface area contributed by atoms with E-state index in [1.54, 1.807) is 48.7 Å². The maximum atomic E-state index is 13.0. The Morgan fingerprint density at radius 1 is 0.967 bits per heavy atom. The number of hydrogen-bond acceptors (Lipinski definition) is 4. The van der Waals surface area contributed by atoms with Crippen molar-refractivity contribution in [2.24, 2.45) is 0 Å². The van der Waals surface area contributed by atoms with Gasteiger partial charge < -0.3 is 4.98 Å². The summed E-state index contributed by atoms with van der Waals surface area (Å²) in [5.74, 6) is -0.282. The van der Waals surface area contributed by atoms with Crippen LogP contribution in [0.3, 0.4) is 0 Å². The molecular formula is C22H16IN3O3S. The third-order valence-corrected chi connectivity index (χ3v) is 6.54. The van der Waals surface area contributed by atoms with Crippen LogP contribution in [0.4, 0.5) is 5.69 Å². The van der Waals surface area contributed by atoms with E-state index in [-0.39, 0.29) is 21.9 Å². The van der Waals surface area contributed by atoms with E-state index in [9.17, 15) is 13.2 Å². The van der Waals surface area contributed by atoms with E-state index in [4.69, 9.17) is 0 Å². The molecule has 4 aromatic rings. The van der Waals surface area contributed by atoms with Crippen LogP contribution >= 0.6 is 22.6 Å². The zero-order valence-corrected chi connectivity index (χ0v) is 18.5. The number of nitrogens with one attached hydrogen (secondary N) is 2. The molecule has 0 aliphatic heterocycles. The van der Waals surface area contributed by atoms with Crippen molar-refractivity contribution in [3.8, 4) is 11.3 Å². The van der Waals surface area contributed by atoms with Crippen LogP contribution in [-0.2, 0) is 10.0 Å². The summed E-state index contributed by atoms with van der Waals surface area (Å²) >= 11 is 2.09. The monoisotopic (exact) mass is 529 g/mol. The van der Waals surface area contributed by atoms with Gasteiger partial charge in [-0.2, -0.15) is 0 Å². The lowest BCUT2D eigenvalue weighted by molar-refractivity contribution is 0.103. The van der Waals surface area contributed by atoms with Gasteiger partial charge in [0.25, 0.3) is 10.0 Å². The van der Waals surface area contributed by atoms with Crippen molar-refractivity contribution in [1.29, 1.82) is 0 Å². The molecule has 150 valence electrons. The van der Waals surface area contributed by atoms with Gasteiger partial charge in [0.05, 0.1) is 10.6 Å². The number of carbonyl (C=O) groups excluding carboxylic acids is 1. The SMILES string of the molecule is O=C(c1ccncc1)c1cc(I)ccc1NS(=O)(=O)c1ccc(-c2ccc[nH]2)cc1. The Morgan fingerprint density at radius 3 is 2.37 bits per heavy atom. The minimum atomic E-state index is -3.88. The Morgan fingerprint density at radius 2 is 1.70 bits per heavy atom. The molecule has 2 aromatic heterocycles. The molecule has 0 spiro atoms. The number of nitrogens with zero attached hydrogens (tertiary/aromatic N) is 1. The van der Waals surface area contributed by atoms with Crippen LogP contribution < -0.4 is 4.72 Å². The molecule has 0 saturated carbocycles. The maximum absolute atomic E-state index is 13.0. The third kappa shape index (κ3) is 4.29. The molecular weight excluding hydrogens is 513 g/mol. The van der Waals surface area contributed by atoms with Crippen molar-refractivity contribution in [1.82, 2.24) is 9.97 Å².